The van der Waals surface area contributed by atoms with Crippen LogP contribution in [0, 0.1) is 5.82 Å². The molecule has 3 aliphatic heterocycles. The first kappa shape index (κ1) is 17.3. The Kier molecular flexibility index (Phi) is 4.49. The maximum Gasteiger partial charge on any atom is 0.125 e. The molecule has 0 amide bonds. The highest BCUT2D eigenvalue weighted by molar-refractivity contribution is 6.33. The van der Waals surface area contributed by atoms with Gasteiger partial charge in [-0.2, -0.15) is 0 Å². The van der Waals surface area contributed by atoms with Crippen LogP contribution in [0.2, 0.25) is 5.02 Å². The van der Waals surface area contributed by atoms with Crippen LogP contribution in [0.25, 0.3) is 0 Å². The molecular weight excluding hydrogens is 363 g/mol. The minimum absolute atomic E-state index is 0.240. The Morgan fingerprint density at radius 2 is 2.22 bits per heavy atom. The molecule has 2 atom stereocenters. The van der Waals surface area contributed by atoms with Crippen LogP contribution < -0.4 is 10.1 Å². The van der Waals surface area contributed by atoms with Gasteiger partial charge in [-0.3, -0.25) is 0 Å². The van der Waals surface area contributed by atoms with Gasteiger partial charge in [0.05, 0.1) is 17.3 Å². The van der Waals surface area contributed by atoms with Gasteiger partial charge in [0, 0.05) is 31.5 Å². The van der Waals surface area contributed by atoms with E-state index < -0.39 is 0 Å². The maximum atomic E-state index is 13.8. The molecule has 5 heteroatoms. The number of anilines is 1. The summed E-state index contributed by atoms with van der Waals surface area (Å²) in [5, 5.41) is 4.02. The predicted octanol–water partition coefficient (Wildman–Crippen LogP) is 4.63. The van der Waals surface area contributed by atoms with E-state index >= 15 is 0 Å². The van der Waals surface area contributed by atoms with E-state index in [9.17, 15) is 4.39 Å². The Morgan fingerprint density at radius 3 is 3.15 bits per heavy atom. The molecule has 5 rings (SSSR count). The summed E-state index contributed by atoms with van der Waals surface area (Å²) in [6.45, 7) is 3.91. The molecule has 1 N–H and O–H groups in total. The molecule has 0 radical (unpaired) electrons. The molecule has 3 nitrogen and oxygen atoms in total. The minimum Gasteiger partial charge on any atom is -0.493 e. The first-order valence-corrected chi connectivity index (χ1v) is 10.3. The fourth-order valence-corrected chi connectivity index (χ4v) is 5.18. The topological polar surface area (TPSA) is 24.5 Å². The normalized spacial score (nSPS) is 23.3. The summed E-state index contributed by atoms with van der Waals surface area (Å²) in [6, 6.07) is 9.95. The second kappa shape index (κ2) is 6.99. The van der Waals surface area contributed by atoms with Gasteiger partial charge in [-0.05, 0) is 54.6 Å². The highest BCUT2D eigenvalue weighted by Crippen LogP contribution is 2.44. The van der Waals surface area contributed by atoms with E-state index in [1.807, 2.05) is 0 Å². The Bertz CT molecular complexity index is 872. The molecular formula is C22H24ClFN2O. The highest BCUT2D eigenvalue weighted by Gasteiger charge is 2.37. The van der Waals surface area contributed by atoms with Crippen LogP contribution >= 0.6 is 11.6 Å². The highest BCUT2D eigenvalue weighted by atomic mass is 35.5. The number of nitrogens with one attached hydrogen (secondary N) is 1. The molecule has 3 aliphatic rings. The molecule has 1 fully saturated rings. The third-order valence-electron chi connectivity index (χ3n) is 6.23. The van der Waals surface area contributed by atoms with Crippen molar-refractivity contribution in [1.82, 2.24) is 4.90 Å². The second-order valence-corrected chi connectivity index (χ2v) is 8.31. The standard InChI is InChI=1S/C22H24ClFN2O/c23-19-12-16(24)11-17-18-13-26(9-6-20(18)25-21(17)19)8-2-5-14-3-1-4-15-7-10-27-22(14)15/h1,3-4,11-12,18,20,25H,2,5-10,13H2/t18-,20-/m1/s1. The average Bonchev–Trinajstić information content (AvgIpc) is 3.27. The monoisotopic (exact) mass is 386 g/mol. The maximum absolute atomic E-state index is 13.8. The fourth-order valence-electron chi connectivity index (χ4n) is 4.91. The van der Waals surface area contributed by atoms with E-state index in [4.69, 9.17) is 16.3 Å². The van der Waals surface area contributed by atoms with Crippen molar-refractivity contribution in [3.05, 3.63) is 57.9 Å². The number of likely N-dealkylation sites (tertiary alicyclic amines) is 1. The third-order valence-corrected chi connectivity index (χ3v) is 6.53. The van der Waals surface area contributed by atoms with E-state index in [1.54, 1.807) is 6.07 Å². The molecule has 0 aromatic heterocycles. The average molecular weight is 387 g/mol. The second-order valence-electron chi connectivity index (χ2n) is 7.91. The number of piperidine rings is 1. The van der Waals surface area contributed by atoms with E-state index in [2.05, 4.69) is 28.4 Å². The summed E-state index contributed by atoms with van der Waals surface area (Å²) in [5.41, 5.74) is 4.67. The van der Waals surface area contributed by atoms with Gasteiger partial charge in [-0.15, -0.1) is 0 Å². The first-order chi connectivity index (χ1) is 13.2. The number of benzene rings is 2. The summed E-state index contributed by atoms with van der Waals surface area (Å²) in [6.07, 6.45) is 4.26. The van der Waals surface area contributed by atoms with Crippen LogP contribution in [0.4, 0.5) is 10.1 Å². The van der Waals surface area contributed by atoms with Gasteiger partial charge >= 0.3 is 0 Å². The number of para-hydroxylation sites is 1. The van der Waals surface area contributed by atoms with Crippen LogP contribution in [0.15, 0.2) is 30.3 Å². The Hall–Kier alpha value is -1.78. The van der Waals surface area contributed by atoms with E-state index in [0.717, 1.165) is 68.9 Å². The van der Waals surface area contributed by atoms with Crippen molar-refractivity contribution in [2.75, 3.05) is 31.6 Å². The van der Waals surface area contributed by atoms with Gasteiger partial charge in [0.2, 0.25) is 0 Å². The molecule has 0 bridgehead atoms. The van der Waals surface area contributed by atoms with E-state index in [-0.39, 0.29) is 5.82 Å². The van der Waals surface area contributed by atoms with Crippen LogP contribution in [0.1, 0.15) is 35.4 Å². The summed E-state index contributed by atoms with van der Waals surface area (Å²) >= 11 is 6.25. The Balaban J connectivity index is 1.23. The number of ether oxygens (including phenoxy) is 1. The molecule has 2 aromatic rings. The molecule has 27 heavy (non-hydrogen) atoms. The van der Waals surface area contributed by atoms with E-state index in [0.29, 0.717) is 17.0 Å². The Morgan fingerprint density at radius 1 is 1.30 bits per heavy atom. The fraction of sp³-hybridized carbons (Fsp3) is 0.455. The van der Waals surface area contributed by atoms with Crippen LogP contribution in [-0.4, -0.2) is 37.2 Å². The number of halogens is 2. The lowest BCUT2D eigenvalue weighted by molar-refractivity contribution is 0.200. The molecule has 0 unspecified atom stereocenters. The van der Waals surface area contributed by atoms with E-state index in [1.165, 1.54) is 17.2 Å². The molecule has 142 valence electrons. The predicted molar refractivity (Wildman–Crippen MR) is 107 cm³/mol. The third kappa shape index (κ3) is 3.19. The SMILES string of the molecule is Fc1cc(Cl)c2c(c1)[C@H]1CN(CCCc3cccc4c3OCC4)CC[C@H]1N2. The number of hydrogen-bond donors (Lipinski definition) is 1. The molecule has 0 aliphatic carbocycles. The number of fused-ring (bicyclic) bond motifs is 4. The lowest BCUT2D eigenvalue weighted by Gasteiger charge is -2.35. The smallest absolute Gasteiger partial charge is 0.125 e. The largest absolute Gasteiger partial charge is 0.493 e. The minimum atomic E-state index is -0.240. The molecule has 3 heterocycles. The van der Waals surface area contributed by atoms with Gasteiger partial charge in [0.1, 0.15) is 11.6 Å². The van der Waals surface area contributed by atoms with Crippen molar-refractivity contribution in [1.29, 1.82) is 0 Å². The zero-order valence-corrected chi connectivity index (χ0v) is 16.1. The van der Waals surface area contributed by atoms with Crippen molar-refractivity contribution in [3.63, 3.8) is 0 Å². The number of rotatable bonds is 4. The number of nitrogens with zero attached hydrogens (tertiary/aromatic N) is 1. The van der Waals surface area contributed by atoms with Crippen LogP contribution in [0.5, 0.6) is 5.75 Å². The summed E-state index contributed by atoms with van der Waals surface area (Å²) in [7, 11) is 0. The molecule has 1 saturated heterocycles. The van der Waals surface area contributed by atoms with Gasteiger partial charge < -0.3 is 15.0 Å². The van der Waals surface area contributed by atoms with Crippen molar-refractivity contribution in [2.45, 2.75) is 37.6 Å². The summed E-state index contributed by atoms with van der Waals surface area (Å²) in [4.78, 5) is 2.51. The molecule has 0 spiro atoms. The molecule has 2 aromatic carbocycles. The van der Waals surface area contributed by atoms with Crippen LogP contribution in [0.3, 0.4) is 0 Å². The summed E-state index contributed by atoms with van der Waals surface area (Å²) in [5.74, 6) is 1.21. The zero-order valence-electron chi connectivity index (χ0n) is 15.3. The van der Waals surface area contributed by atoms with Crippen molar-refractivity contribution in [2.24, 2.45) is 0 Å². The quantitative estimate of drug-likeness (QED) is 0.829. The van der Waals surface area contributed by atoms with Crippen molar-refractivity contribution in [3.8, 4) is 5.75 Å². The Labute approximate surface area is 164 Å². The lowest BCUT2D eigenvalue weighted by atomic mass is 9.89. The first-order valence-electron chi connectivity index (χ1n) is 9.90. The van der Waals surface area contributed by atoms with Crippen molar-refractivity contribution < 1.29 is 9.13 Å². The zero-order chi connectivity index (χ0) is 18.4. The van der Waals surface area contributed by atoms with Gasteiger partial charge in [-0.1, -0.05) is 29.8 Å². The van der Waals surface area contributed by atoms with Gasteiger partial charge in [-0.25, -0.2) is 4.39 Å². The van der Waals surface area contributed by atoms with Gasteiger partial charge in [0.15, 0.2) is 0 Å². The number of hydrogen-bond acceptors (Lipinski definition) is 3. The molecule has 0 saturated carbocycles. The van der Waals surface area contributed by atoms with Gasteiger partial charge in [0.25, 0.3) is 0 Å². The number of aryl methyl sites for hydroxylation is 1. The van der Waals surface area contributed by atoms with Crippen LogP contribution in [-0.2, 0) is 12.8 Å². The lowest BCUT2D eigenvalue weighted by Crippen LogP contribution is -2.42. The van der Waals surface area contributed by atoms with Crippen molar-refractivity contribution >= 4 is 17.3 Å². The summed E-state index contributed by atoms with van der Waals surface area (Å²) < 4.78 is 19.7.